The van der Waals surface area contributed by atoms with Crippen molar-refractivity contribution in [2.45, 2.75) is 18.5 Å². The Morgan fingerprint density at radius 3 is 3.10 bits per heavy atom. The zero-order valence-corrected chi connectivity index (χ0v) is 13.3. The number of rotatable bonds is 4. The van der Waals surface area contributed by atoms with E-state index in [1.807, 2.05) is 23.1 Å². The first-order valence-electron chi connectivity index (χ1n) is 6.99. The molecular weight excluding hydrogens is 286 g/mol. The van der Waals surface area contributed by atoms with E-state index in [1.165, 1.54) is 21.4 Å². The van der Waals surface area contributed by atoms with Crippen LogP contribution in [0.5, 0.6) is 0 Å². The van der Waals surface area contributed by atoms with Gasteiger partial charge < -0.3 is 4.90 Å². The van der Waals surface area contributed by atoms with Crippen LogP contribution in [0.15, 0.2) is 29.6 Å². The van der Waals surface area contributed by atoms with E-state index in [2.05, 4.69) is 47.0 Å². The van der Waals surface area contributed by atoms with E-state index in [0.717, 1.165) is 18.7 Å². The molecule has 2 atom stereocenters. The van der Waals surface area contributed by atoms with E-state index in [0.29, 0.717) is 12.1 Å². The van der Waals surface area contributed by atoms with Crippen LogP contribution in [0, 0.1) is 0 Å². The molecule has 1 saturated heterocycles. The summed E-state index contributed by atoms with van der Waals surface area (Å²) in [5, 5.41) is 3.66. The first kappa shape index (κ1) is 14.4. The number of likely N-dealkylation sites (N-methyl/N-ethyl adjacent to an activating group) is 1. The normalized spacial score (nSPS) is 22.2. The molecule has 1 aromatic heterocycles. The van der Waals surface area contributed by atoms with Gasteiger partial charge in [0.1, 0.15) is 0 Å². The van der Waals surface area contributed by atoms with Crippen LogP contribution in [-0.4, -0.2) is 42.1 Å². The van der Waals surface area contributed by atoms with Gasteiger partial charge in [-0.3, -0.25) is 11.3 Å². The highest BCUT2D eigenvalue weighted by atomic mass is 32.2. The maximum absolute atomic E-state index is 5.84. The van der Waals surface area contributed by atoms with Crippen molar-refractivity contribution >= 4 is 33.2 Å². The predicted molar refractivity (Wildman–Crippen MR) is 90.4 cm³/mol. The monoisotopic (exact) mass is 307 g/mol. The van der Waals surface area contributed by atoms with Crippen molar-refractivity contribution in [3.05, 3.63) is 35.2 Å². The molecule has 0 radical (unpaired) electrons. The molecule has 20 heavy (non-hydrogen) atoms. The first-order chi connectivity index (χ1) is 9.79. The number of hydrogen-bond donors (Lipinski definition) is 2. The largest absolute Gasteiger partial charge is 0.300 e. The second-order valence-corrected chi connectivity index (χ2v) is 7.42. The van der Waals surface area contributed by atoms with E-state index >= 15 is 0 Å². The minimum atomic E-state index is 0.311. The number of nitrogens with one attached hydrogen (secondary N) is 1. The van der Waals surface area contributed by atoms with Gasteiger partial charge in [-0.15, -0.1) is 11.3 Å². The highest BCUT2D eigenvalue weighted by Gasteiger charge is 2.27. The SMILES string of the molecule is CN1CCSCC1C(Cc1csc2ccccc12)NN. The number of fused-ring (bicyclic) bond motifs is 1. The van der Waals surface area contributed by atoms with Gasteiger partial charge in [0.05, 0.1) is 0 Å². The lowest BCUT2D eigenvalue weighted by Gasteiger charge is -2.37. The zero-order valence-electron chi connectivity index (χ0n) is 11.7. The third-order valence-electron chi connectivity index (χ3n) is 4.12. The van der Waals surface area contributed by atoms with Gasteiger partial charge in [0, 0.05) is 34.8 Å². The summed E-state index contributed by atoms with van der Waals surface area (Å²) in [6.07, 6.45) is 0.996. The lowest BCUT2D eigenvalue weighted by atomic mass is 9.99. The number of hydrogen-bond acceptors (Lipinski definition) is 5. The standard InChI is InChI=1S/C15H21N3S2/c1-18-6-7-19-10-14(18)13(17-16)8-11-9-20-15-5-3-2-4-12(11)15/h2-5,9,13-14,17H,6-8,10,16H2,1H3. The predicted octanol–water partition coefficient (Wildman–Crippen LogP) is 2.32. The van der Waals surface area contributed by atoms with Crippen LogP contribution in [0.25, 0.3) is 10.1 Å². The van der Waals surface area contributed by atoms with Crippen molar-refractivity contribution in [2.75, 3.05) is 25.1 Å². The van der Waals surface area contributed by atoms with E-state index in [4.69, 9.17) is 5.84 Å². The smallest absolute Gasteiger partial charge is 0.0414 e. The van der Waals surface area contributed by atoms with Crippen molar-refractivity contribution < 1.29 is 0 Å². The van der Waals surface area contributed by atoms with Gasteiger partial charge >= 0.3 is 0 Å². The summed E-state index contributed by atoms with van der Waals surface area (Å²) in [6.45, 7) is 1.15. The number of thiophene rings is 1. The maximum Gasteiger partial charge on any atom is 0.0414 e. The molecule has 1 fully saturated rings. The van der Waals surface area contributed by atoms with E-state index in [-0.39, 0.29) is 0 Å². The molecule has 0 saturated carbocycles. The van der Waals surface area contributed by atoms with Crippen LogP contribution in [0.1, 0.15) is 5.56 Å². The average Bonchev–Trinajstić information content (AvgIpc) is 2.89. The number of nitrogens with two attached hydrogens (primary N) is 1. The quantitative estimate of drug-likeness (QED) is 0.672. The molecule has 0 spiro atoms. The van der Waals surface area contributed by atoms with Crippen molar-refractivity contribution in [1.29, 1.82) is 0 Å². The molecule has 2 aromatic rings. The van der Waals surface area contributed by atoms with E-state index in [9.17, 15) is 0 Å². The number of benzene rings is 1. The molecule has 3 N–H and O–H groups in total. The Morgan fingerprint density at radius 1 is 1.45 bits per heavy atom. The molecule has 0 amide bonds. The van der Waals surface area contributed by atoms with Crippen LogP contribution < -0.4 is 11.3 Å². The number of thioether (sulfide) groups is 1. The molecule has 108 valence electrons. The van der Waals surface area contributed by atoms with Crippen LogP contribution in [0.2, 0.25) is 0 Å². The molecule has 2 unspecified atom stereocenters. The molecule has 1 aliphatic rings. The molecule has 3 rings (SSSR count). The molecule has 5 heteroatoms. The molecule has 2 heterocycles. The van der Waals surface area contributed by atoms with Crippen molar-refractivity contribution in [2.24, 2.45) is 5.84 Å². The molecular formula is C15H21N3S2. The highest BCUT2D eigenvalue weighted by molar-refractivity contribution is 7.99. The summed E-state index contributed by atoms with van der Waals surface area (Å²) in [5.74, 6) is 8.23. The van der Waals surface area contributed by atoms with Crippen LogP contribution >= 0.6 is 23.1 Å². The maximum atomic E-state index is 5.84. The van der Waals surface area contributed by atoms with Crippen LogP contribution in [-0.2, 0) is 6.42 Å². The summed E-state index contributed by atoms with van der Waals surface area (Å²) in [7, 11) is 2.21. The fourth-order valence-electron chi connectivity index (χ4n) is 2.86. The summed E-state index contributed by atoms with van der Waals surface area (Å²) in [6, 6.07) is 9.45. The van der Waals surface area contributed by atoms with Crippen molar-refractivity contribution in [1.82, 2.24) is 10.3 Å². The topological polar surface area (TPSA) is 41.3 Å². The van der Waals surface area contributed by atoms with Gasteiger partial charge in [0.15, 0.2) is 0 Å². The molecule has 3 nitrogen and oxygen atoms in total. The second-order valence-electron chi connectivity index (χ2n) is 5.36. The van der Waals surface area contributed by atoms with Gasteiger partial charge in [-0.05, 0) is 35.9 Å². The van der Waals surface area contributed by atoms with Crippen molar-refractivity contribution in [3.8, 4) is 0 Å². The van der Waals surface area contributed by atoms with Crippen LogP contribution in [0.3, 0.4) is 0 Å². The minimum Gasteiger partial charge on any atom is -0.300 e. The fourth-order valence-corrected chi connectivity index (χ4v) is 5.15. The Hall–Kier alpha value is -0.590. The van der Waals surface area contributed by atoms with Crippen molar-refractivity contribution in [3.63, 3.8) is 0 Å². The minimum absolute atomic E-state index is 0.311. The third-order valence-corrected chi connectivity index (χ3v) is 6.18. The number of hydrazine groups is 1. The Labute approximate surface area is 128 Å². The van der Waals surface area contributed by atoms with Gasteiger partial charge in [-0.25, -0.2) is 0 Å². The molecule has 1 aromatic carbocycles. The zero-order chi connectivity index (χ0) is 13.9. The lowest BCUT2D eigenvalue weighted by molar-refractivity contribution is 0.214. The van der Waals surface area contributed by atoms with Gasteiger partial charge in [0.2, 0.25) is 0 Å². The lowest BCUT2D eigenvalue weighted by Crippen LogP contribution is -2.55. The average molecular weight is 307 g/mol. The fraction of sp³-hybridized carbons (Fsp3) is 0.467. The Balaban J connectivity index is 1.80. The molecule has 0 bridgehead atoms. The molecule has 0 aliphatic carbocycles. The van der Waals surface area contributed by atoms with Crippen LogP contribution in [0.4, 0.5) is 0 Å². The second kappa shape index (κ2) is 6.45. The highest BCUT2D eigenvalue weighted by Crippen LogP contribution is 2.28. The number of nitrogens with zero attached hydrogens (tertiary/aromatic N) is 1. The van der Waals surface area contributed by atoms with Gasteiger partial charge in [-0.1, -0.05) is 18.2 Å². The first-order valence-corrected chi connectivity index (χ1v) is 9.02. The third kappa shape index (κ3) is 2.87. The molecule has 1 aliphatic heterocycles. The Bertz CT molecular complexity index is 569. The van der Waals surface area contributed by atoms with Gasteiger partial charge in [-0.2, -0.15) is 11.8 Å². The Kier molecular flexibility index (Phi) is 4.63. The summed E-state index contributed by atoms with van der Waals surface area (Å²) in [4.78, 5) is 2.44. The summed E-state index contributed by atoms with van der Waals surface area (Å²) >= 11 is 3.86. The summed E-state index contributed by atoms with van der Waals surface area (Å²) < 4.78 is 1.37. The van der Waals surface area contributed by atoms with E-state index in [1.54, 1.807) is 0 Å². The van der Waals surface area contributed by atoms with Gasteiger partial charge in [0.25, 0.3) is 0 Å². The summed E-state index contributed by atoms with van der Waals surface area (Å²) in [5.41, 5.74) is 4.47. The Morgan fingerprint density at radius 2 is 2.30 bits per heavy atom. The van der Waals surface area contributed by atoms with E-state index < -0.39 is 0 Å².